The number of amides is 1. The molecule has 0 atom stereocenters. The number of nitrogens with one attached hydrogen (secondary N) is 2. The average molecular weight is 222 g/mol. The van der Waals surface area contributed by atoms with Gasteiger partial charge in [-0.25, -0.2) is 0 Å². The molecule has 0 aliphatic rings. The van der Waals surface area contributed by atoms with E-state index in [0.29, 0.717) is 6.54 Å². The summed E-state index contributed by atoms with van der Waals surface area (Å²) >= 11 is 0. The number of carbonyl (C=O) groups excluding carboxylic acids is 1. The summed E-state index contributed by atoms with van der Waals surface area (Å²) in [5.41, 5.74) is 0.792. The third-order valence-corrected chi connectivity index (χ3v) is 2.04. The van der Waals surface area contributed by atoms with Crippen LogP contribution >= 0.6 is 0 Å². The minimum absolute atomic E-state index is 0.0366. The van der Waals surface area contributed by atoms with Gasteiger partial charge in [0.2, 0.25) is 5.91 Å². The lowest BCUT2D eigenvalue weighted by molar-refractivity contribution is -0.120. The predicted octanol–water partition coefficient (Wildman–Crippen LogP) is 1.01. The fourth-order valence-electron chi connectivity index (χ4n) is 1.34. The molecule has 1 aromatic rings. The van der Waals surface area contributed by atoms with E-state index < -0.39 is 0 Å². The van der Waals surface area contributed by atoms with Crippen molar-refractivity contribution < 1.29 is 9.90 Å². The molecule has 88 valence electrons. The van der Waals surface area contributed by atoms with E-state index in [-0.39, 0.29) is 24.2 Å². The Morgan fingerprint density at radius 1 is 1.38 bits per heavy atom. The van der Waals surface area contributed by atoms with Crippen LogP contribution in [0.1, 0.15) is 19.4 Å². The van der Waals surface area contributed by atoms with Crippen molar-refractivity contribution in [2.45, 2.75) is 26.4 Å². The Morgan fingerprint density at radius 3 is 2.69 bits per heavy atom. The Labute approximate surface area is 95.7 Å². The molecule has 0 aromatic heterocycles. The fraction of sp³-hybridized carbons (Fsp3) is 0.417. The second-order valence-corrected chi connectivity index (χ2v) is 3.95. The van der Waals surface area contributed by atoms with Crippen LogP contribution in [0.15, 0.2) is 24.3 Å². The SMILES string of the molecule is CC(C)NC(=O)CNCc1ccccc1O. The van der Waals surface area contributed by atoms with Crippen LogP contribution in [0.3, 0.4) is 0 Å². The van der Waals surface area contributed by atoms with E-state index >= 15 is 0 Å². The molecule has 0 aliphatic heterocycles. The van der Waals surface area contributed by atoms with Crippen molar-refractivity contribution in [1.82, 2.24) is 10.6 Å². The second kappa shape index (κ2) is 6.12. The molecule has 3 N–H and O–H groups in total. The first-order chi connectivity index (χ1) is 7.59. The van der Waals surface area contributed by atoms with Crippen molar-refractivity contribution in [3.8, 4) is 5.75 Å². The summed E-state index contributed by atoms with van der Waals surface area (Å²) in [6.45, 7) is 4.58. The minimum Gasteiger partial charge on any atom is -0.508 e. The van der Waals surface area contributed by atoms with Gasteiger partial charge < -0.3 is 15.7 Å². The van der Waals surface area contributed by atoms with E-state index in [4.69, 9.17) is 0 Å². The normalized spacial score (nSPS) is 10.4. The largest absolute Gasteiger partial charge is 0.508 e. The molecule has 0 saturated carbocycles. The van der Waals surface area contributed by atoms with Gasteiger partial charge in [-0.3, -0.25) is 4.79 Å². The molecule has 0 aliphatic carbocycles. The number of carbonyl (C=O) groups is 1. The zero-order chi connectivity index (χ0) is 12.0. The zero-order valence-electron chi connectivity index (χ0n) is 9.66. The van der Waals surface area contributed by atoms with Gasteiger partial charge >= 0.3 is 0 Å². The van der Waals surface area contributed by atoms with E-state index in [2.05, 4.69) is 10.6 Å². The summed E-state index contributed by atoms with van der Waals surface area (Å²) < 4.78 is 0. The molecule has 4 nitrogen and oxygen atoms in total. The second-order valence-electron chi connectivity index (χ2n) is 3.95. The molecule has 0 spiro atoms. The maximum atomic E-state index is 11.3. The maximum absolute atomic E-state index is 11.3. The number of para-hydroxylation sites is 1. The van der Waals surface area contributed by atoms with Crippen molar-refractivity contribution >= 4 is 5.91 Å². The molecule has 4 heteroatoms. The zero-order valence-corrected chi connectivity index (χ0v) is 9.66. The lowest BCUT2D eigenvalue weighted by atomic mass is 10.2. The molecule has 0 unspecified atom stereocenters. The number of hydrogen-bond donors (Lipinski definition) is 3. The third-order valence-electron chi connectivity index (χ3n) is 2.04. The Kier molecular flexibility index (Phi) is 4.79. The maximum Gasteiger partial charge on any atom is 0.234 e. The van der Waals surface area contributed by atoms with Crippen molar-refractivity contribution in [1.29, 1.82) is 0 Å². The van der Waals surface area contributed by atoms with Crippen LogP contribution in [0.5, 0.6) is 5.75 Å². The third kappa shape index (κ3) is 4.31. The number of hydrogen-bond acceptors (Lipinski definition) is 3. The summed E-state index contributed by atoms with van der Waals surface area (Å²) in [6, 6.07) is 7.22. The fourth-order valence-corrected chi connectivity index (χ4v) is 1.34. The Hall–Kier alpha value is -1.55. The summed E-state index contributed by atoms with van der Waals surface area (Å²) in [7, 11) is 0. The van der Waals surface area contributed by atoms with Crippen molar-refractivity contribution in [2.24, 2.45) is 0 Å². The van der Waals surface area contributed by atoms with Gasteiger partial charge in [-0.2, -0.15) is 0 Å². The van der Waals surface area contributed by atoms with Crippen LogP contribution < -0.4 is 10.6 Å². The summed E-state index contributed by atoms with van der Waals surface area (Å²) in [5, 5.41) is 15.2. The van der Waals surface area contributed by atoms with Gasteiger partial charge in [0.25, 0.3) is 0 Å². The lowest BCUT2D eigenvalue weighted by Gasteiger charge is -2.09. The highest BCUT2D eigenvalue weighted by molar-refractivity contribution is 5.78. The molecule has 0 radical (unpaired) electrons. The van der Waals surface area contributed by atoms with Gasteiger partial charge in [-0.1, -0.05) is 18.2 Å². The van der Waals surface area contributed by atoms with Gasteiger partial charge in [0, 0.05) is 18.2 Å². The summed E-state index contributed by atoms with van der Waals surface area (Å²) in [4.78, 5) is 11.3. The van der Waals surface area contributed by atoms with Gasteiger partial charge in [0.05, 0.1) is 6.54 Å². The highest BCUT2D eigenvalue weighted by Crippen LogP contribution is 2.14. The first kappa shape index (κ1) is 12.5. The van der Waals surface area contributed by atoms with Crippen LogP contribution in [0, 0.1) is 0 Å². The van der Waals surface area contributed by atoms with E-state index in [1.807, 2.05) is 26.0 Å². The number of rotatable bonds is 5. The van der Waals surface area contributed by atoms with Gasteiger partial charge in [-0.05, 0) is 19.9 Å². The molecule has 0 fully saturated rings. The Morgan fingerprint density at radius 2 is 2.06 bits per heavy atom. The lowest BCUT2D eigenvalue weighted by Crippen LogP contribution is -2.37. The van der Waals surface area contributed by atoms with Gasteiger partial charge in [0.15, 0.2) is 0 Å². The first-order valence-electron chi connectivity index (χ1n) is 5.36. The number of phenols is 1. The molecule has 16 heavy (non-hydrogen) atoms. The smallest absolute Gasteiger partial charge is 0.234 e. The standard InChI is InChI=1S/C12H18N2O2/c1-9(2)14-12(16)8-13-7-10-5-3-4-6-11(10)15/h3-6,9,13,15H,7-8H2,1-2H3,(H,14,16). The van der Waals surface area contributed by atoms with E-state index in [1.54, 1.807) is 12.1 Å². The molecule has 1 rings (SSSR count). The summed E-state index contributed by atoms with van der Waals surface area (Å²) in [6.07, 6.45) is 0. The van der Waals surface area contributed by atoms with E-state index in [1.165, 1.54) is 0 Å². The number of aromatic hydroxyl groups is 1. The van der Waals surface area contributed by atoms with E-state index in [0.717, 1.165) is 5.56 Å². The van der Waals surface area contributed by atoms with Crippen molar-refractivity contribution in [2.75, 3.05) is 6.54 Å². The predicted molar refractivity (Wildman–Crippen MR) is 63.1 cm³/mol. The van der Waals surface area contributed by atoms with Gasteiger partial charge in [0.1, 0.15) is 5.75 Å². The molecule has 1 aromatic carbocycles. The number of benzene rings is 1. The monoisotopic (exact) mass is 222 g/mol. The highest BCUT2D eigenvalue weighted by atomic mass is 16.3. The van der Waals surface area contributed by atoms with Crippen LogP contribution in [-0.2, 0) is 11.3 Å². The van der Waals surface area contributed by atoms with Crippen LogP contribution in [0.2, 0.25) is 0 Å². The Balaban J connectivity index is 2.31. The van der Waals surface area contributed by atoms with Gasteiger partial charge in [-0.15, -0.1) is 0 Å². The number of phenolic OH excluding ortho intramolecular Hbond substituents is 1. The molecule has 0 heterocycles. The van der Waals surface area contributed by atoms with Crippen LogP contribution in [0.25, 0.3) is 0 Å². The molecule has 0 bridgehead atoms. The molecular formula is C12H18N2O2. The van der Waals surface area contributed by atoms with Crippen molar-refractivity contribution in [3.05, 3.63) is 29.8 Å². The summed E-state index contributed by atoms with van der Waals surface area (Å²) in [5.74, 6) is 0.213. The van der Waals surface area contributed by atoms with Crippen LogP contribution in [-0.4, -0.2) is 23.6 Å². The minimum atomic E-state index is -0.0366. The van der Waals surface area contributed by atoms with Crippen LogP contribution in [0.4, 0.5) is 0 Å². The highest BCUT2D eigenvalue weighted by Gasteiger charge is 2.03. The Bertz CT molecular complexity index is 351. The topological polar surface area (TPSA) is 61.4 Å². The van der Waals surface area contributed by atoms with Crippen molar-refractivity contribution in [3.63, 3.8) is 0 Å². The average Bonchev–Trinajstić information content (AvgIpc) is 2.19. The molecule has 0 saturated heterocycles. The first-order valence-corrected chi connectivity index (χ1v) is 5.36. The molecular weight excluding hydrogens is 204 g/mol. The van der Waals surface area contributed by atoms with E-state index in [9.17, 15) is 9.90 Å². The quantitative estimate of drug-likeness (QED) is 0.696. The molecule has 1 amide bonds.